The van der Waals surface area contributed by atoms with Crippen LogP contribution in [0.1, 0.15) is 0 Å². The van der Waals surface area contributed by atoms with Crippen LogP contribution >= 0.6 is 0 Å². The fourth-order valence-corrected chi connectivity index (χ4v) is 9.21. The van der Waals surface area contributed by atoms with Crippen LogP contribution in [0.4, 0.5) is 0 Å². The van der Waals surface area contributed by atoms with Crippen LogP contribution in [0.25, 0.3) is 0 Å². The molecule has 0 nitrogen and oxygen atoms in total. The molecule has 192 valence electrons. The van der Waals surface area contributed by atoms with Crippen LogP contribution in [0.3, 0.4) is 0 Å². The highest BCUT2D eigenvalue weighted by Crippen LogP contribution is 2.12. The molecule has 0 radical (unpaired) electrons. The number of hydrogen-bond donors (Lipinski definition) is 0. The Bertz CT molecular complexity index is 1180. The molecule has 0 unspecified atom stereocenters. The van der Waals surface area contributed by atoms with Gasteiger partial charge in [0.05, 0.1) is 24.2 Å². The summed E-state index contributed by atoms with van der Waals surface area (Å²) in [5, 5.41) is 4.53. The first kappa shape index (κ1) is 27.6. The highest BCUT2D eigenvalue weighted by molar-refractivity contribution is 7.20. The van der Waals surface area contributed by atoms with E-state index in [0.717, 1.165) is 0 Å². The molecule has 37 heavy (non-hydrogen) atoms. The molecule has 0 atom stereocenters. The van der Waals surface area contributed by atoms with Gasteiger partial charge in [-0.2, -0.15) is 21.9 Å². The van der Waals surface area contributed by atoms with Crippen molar-refractivity contribution < 1.29 is 0 Å². The fourth-order valence-electron chi connectivity index (χ4n) is 5.71. The highest BCUT2D eigenvalue weighted by atomic mass is 28.3. The molecule has 0 spiro atoms. The number of rotatable bonds is 7. The predicted octanol–water partition coefficient (Wildman–Crippen LogP) is 4.70. The van der Waals surface area contributed by atoms with Gasteiger partial charge in [-0.15, -0.1) is 0 Å². The molecule has 4 heteroatoms. The van der Waals surface area contributed by atoms with Gasteiger partial charge in [0.25, 0.3) is 0 Å². The van der Waals surface area contributed by atoms with Crippen molar-refractivity contribution in [1.82, 2.24) is 0 Å². The first-order valence-corrected chi connectivity index (χ1v) is 24.3. The topological polar surface area (TPSA) is 0 Å². The van der Waals surface area contributed by atoms with Gasteiger partial charge in [0.15, 0.2) is 0 Å². The molecule has 0 N–H and O–H groups in total. The molecule has 0 aliphatic carbocycles. The lowest BCUT2D eigenvalue weighted by Crippen LogP contribution is -2.75. The number of hydrogen-bond acceptors (Lipinski definition) is 0. The lowest BCUT2D eigenvalue weighted by atomic mass is 9.13. The Kier molecular flexibility index (Phi) is 7.50. The van der Waals surface area contributed by atoms with E-state index in [2.05, 4.69) is 162 Å². The standard InChI is InChI=1S/C33H44BSi3/c1-35(2,3)31-21-15-28(16-22-31)34(27-13-11-10-12-14-27,29-17-23-32(24-18-29)36(4,5)6)30-19-25-33(26-20-30)37(7,8)9/h10-26H,1-9H3/q-1. The Morgan fingerprint density at radius 2 is 0.568 bits per heavy atom. The molecule has 0 saturated heterocycles. The third-order valence-electron chi connectivity index (χ3n) is 8.13. The van der Waals surface area contributed by atoms with Crippen LogP contribution < -0.4 is 37.4 Å². The predicted molar refractivity (Wildman–Crippen MR) is 179 cm³/mol. The Morgan fingerprint density at radius 1 is 0.324 bits per heavy atom. The minimum absolute atomic E-state index is 1.33. The zero-order valence-corrected chi connectivity index (χ0v) is 27.4. The monoisotopic (exact) mass is 535 g/mol. The van der Waals surface area contributed by atoms with Crippen molar-refractivity contribution in [3.8, 4) is 0 Å². The summed E-state index contributed by atoms with van der Waals surface area (Å²) in [6.45, 7) is 21.9. The lowest BCUT2D eigenvalue weighted by molar-refractivity contribution is 1.65. The van der Waals surface area contributed by atoms with E-state index in [9.17, 15) is 0 Å². The van der Waals surface area contributed by atoms with Gasteiger partial charge in [-0.05, 0) is 0 Å². The second-order valence-electron chi connectivity index (χ2n) is 13.9. The molecular weight excluding hydrogens is 491 g/mol. The molecule has 0 amide bonds. The average molecular weight is 536 g/mol. The maximum absolute atomic E-state index is 2.43. The van der Waals surface area contributed by atoms with Gasteiger partial charge >= 0.3 is 0 Å². The largest absolute Gasteiger partial charge is 0.195 e. The molecule has 0 saturated carbocycles. The minimum atomic E-state index is -1.39. The molecule has 0 aliphatic rings. The summed E-state index contributed by atoms with van der Waals surface area (Å²) in [5.74, 6) is 0. The molecular formula is C33H44BSi3-. The van der Waals surface area contributed by atoms with E-state index in [0.29, 0.717) is 0 Å². The van der Waals surface area contributed by atoms with Gasteiger partial charge in [0.1, 0.15) is 6.15 Å². The molecule has 0 heterocycles. The van der Waals surface area contributed by atoms with E-state index < -0.39 is 30.4 Å². The van der Waals surface area contributed by atoms with E-state index in [1.807, 2.05) is 0 Å². The van der Waals surface area contributed by atoms with Crippen LogP contribution in [0.2, 0.25) is 58.9 Å². The van der Waals surface area contributed by atoms with Gasteiger partial charge in [0.2, 0.25) is 0 Å². The molecule has 0 bridgehead atoms. The van der Waals surface area contributed by atoms with E-state index in [1.165, 1.54) is 37.4 Å². The molecule has 4 aromatic rings. The van der Waals surface area contributed by atoms with E-state index in [4.69, 9.17) is 0 Å². The number of benzene rings is 4. The second kappa shape index (κ2) is 10.1. The molecule has 4 rings (SSSR count). The summed E-state index contributed by atoms with van der Waals surface area (Å²) in [6.07, 6.45) is -1.33. The Labute approximate surface area is 229 Å². The molecule has 0 aliphatic heterocycles. The zero-order valence-electron chi connectivity index (χ0n) is 24.4. The summed E-state index contributed by atoms with van der Waals surface area (Å²) < 4.78 is 0. The third-order valence-corrected chi connectivity index (χ3v) is 14.3. The van der Waals surface area contributed by atoms with Gasteiger partial charge in [-0.25, -0.2) is 0 Å². The average Bonchev–Trinajstić information content (AvgIpc) is 2.85. The van der Waals surface area contributed by atoms with E-state index in [-0.39, 0.29) is 0 Å². The first-order chi connectivity index (χ1) is 17.2. The molecule has 0 fully saturated rings. The van der Waals surface area contributed by atoms with Crippen molar-refractivity contribution in [3.05, 3.63) is 103 Å². The summed E-state index contributed by atoms with van der Waals surface area (Å²) in [6, 6.07) is 40.3. The summed E-state index contributed by atoms with van der Waals surface area (Å²) in [7, 11) is -4.18. The summed E-state index contributed by atoms with van der Waals surface area (Å²) >= 11 is 0. The highest BCUT2D eigenvalue weighted by Gasteiger charge is 2.33. The van der Waals surface area contributed by atoms with Crippen molar-refractivity contribution >= 4 is 67.8 Å². The van der Waals surface area contributed by atoms with Crippen molar-refractivity contribution in [2.45, 2.75) is 58.9 Å². The van der Waals surface area contributed by atoms with Crippen LogP contribution in [0.15, 0.2) is 103 Å². The quantitative estimate of drug-likeness (QED) is 0.301. The van der Waals surface area contributed by atoms with Crippen LogP contribution in [0.5, 0.6) is 0 Å². The zero-order chi connectivity index (χ0) is 27.1. The minimum Gasteiger partial charge on any atom is -0.195 e. The second-order valence-corrected chi connectivity index (χ2v) is 29.1. The van der Waals surface area contributed by atoms with Crippen LogP contribution in [-0.2, 0) is 0 Å². The molecule has 0 aromatic heterocycles. The van der Waals surface area contributed by atoms with Crippen molar-refractivity contribution in [3.63, 3.8) is 0 Å². The fraction of sp³-hybridized carbons (Fsp3) is 0.273. The van der Waals surface area contributed by atoms with Crippen LogP contribution in [0, 0.1) is 0 Å². The van der Waals surface area contributed by atoms with Crippen molar-refractivity contribution in [2.24, 2.45) is 0 Å². The van der Waals surface area contributed by atoms with E-state index >= 15 is 0 Å². The smallest absolute Gasteiger partial charge is 0.108 e. The summed E-state index contributed by atoms with van der Waals surface area (Å²) in [4.78, 5) is 0. The Hall–Kier alpha value is -2.40. The maximum atomic E-state index is 2.43. The lowest BCUT2D eigenvalue weighted by Gasteiger charge is -2.45. The first-order valence-electron chi connectivity index (χ1n) is 13.8. The third kappa shape index (κ3) is 5.57. The van der Waals surface area contributed by atoms with Crippen molar-refractivity contribution in [1.29, 1.82) is 0 Å². The Morgan fingerprint density at radius 3 is 0.811 bits per heavy atom. The van der Waals surface area contributed by atoms with Gasteiger partial charge in [-0.3, -0.25) is 0 Å². The normalized spacial score (nSPS) is 13.0. The van der Waals surface area contributed by atoms with Gasteiger partial charge < -0.3 is 0 Å². The van der Waals surface area contributed by atoms with E-state index in [1.54, 1.807) is 0 Å². The summed E-state index contributed by atoms with van der Waals surface area (Å²) in [5.41, 5.74) is 5.57. The van der Waals surface area contributed by atoms with Gasteiger partial charge in [-0.1, -0.05) is 178 Å². The molecule has 4 aromatic carbocycles. The van der Waals surface area contributed by atoms with Crippen molar-refractivity contribution in [2.75, 3.05) is 0 Å². The van der Waals surface area contributed by atoms with Gasteiger partial charge in [0, 0.05) is 0 Å². The maximum Gasteiger partial charge on any atom is 0.108 e. The van der Waals surface area contributed by atoms with Crippen LogP contribution in [-0.4, -0.2) is 30.4 Å². The Balaban J connectivity index is 2.05. The SMILES string of the molecule is C[Si](C)(C)c1ccc([B-](c2ccccc2)(c2ccc([Si](C)(C)C)cc2)c2ccc([Si](C)(C)C)cc2)cc1.